The Labute approximate surface area is 171 Å². The van der Waals surface area contributed by atoms with Gasteiger partial charge in [0.15, 0.2) is 11.8 Å². The smallest absolute Gasteiger partial charge is 0.358 e. The number of nitrogens with zero attached hydrogens (tertiary/aromatic N) is 4. The van der Waals surface area contributed by atoms with Gasteiger partial charge in [-0.1, -0.05) is 6.07 Å². The minimum absolute atomic E-state index is 0.0408. The Balaban J connectivity index is 1.44. The molecule has 0 fully saturated rings. The Hall–Kier alpha value is -3.44. The monoisotopic (exact) mass is 428 g/mol. The Morgan fingerprint density at radius 1 is 1.21 bits per heavy atom. The fourth-order valence-corrected chi connectivity index (χ4v) is 4.00. The highest BCUT2D eigenvalue weighted by Gasteiger charge is 2.22. The van der Waals surface area contributed by atoms with Gasteiger partial charge in [0.25, 0.3) is 11.6 Å². The Morgan fingerprint density at radius 2 is 2.00 bits per heavy atom. The first kappa shape index (κ1) is 18.9. The number of aromatic nitrogens is 3. The van der Waals surface area contributed by atoms with Gasteiger partial charge in [0.1, 0.15) is 5.01 Å². The molecule has 0 aliphatic carbocycles. The molecule has 3 aromatic heterocycles. The zero-order valence-electron chi connectivity index (χ0n) is 14.8. The van der Waals surface area contributed by atoms with E-state index >= 15 is 0 Å². The molecule has 0 saturated carbocycles. The average molecular weight is 428 g/mol. The van der Waals surface area contributed by atoms with Crippen molar-refractivity contribution < 1.29 is 18.9 Å². The molecule has 0 aliphatic rings. The van der Waals surface area contributed by atoms with Crippen LogP contribution in [0.3, 0.4) is 0 Å². The van der Waals surface area contributed by atoms with E-state index in [1.807, 2.05) is 17.5 Å². The van der Waals surface area contributed by atoms with E-state index in [4.69, 9.17) is 9.15 Å². The van der Waals surface area contributed by atoms with E-state index in [0.717, 1.165) is 9.88 Å². The summed E-state index contributed by atoms with van der Waals surface area (Å²) in [5.41, 5.74) is 0.689. The summed E-state index contributed by atoms with van der Waals surface area (Å²) in [6, 6.07) is 9.55. The van der Waals surface area contributed by atoms with Crippen molar-refractivity contribution in [3.8, 4) is 21.3 Å². The molecule has 1 aromatic carbocycles. The molecule has 29 heavy (non-hydrogen) atoms. The second-order valence-electron chi connectivity index (χ2n) is 5.81. The van der Waals surface area contributed by atoms with Crippen molar-refractivity contribution in [3.05, 3.63) is 68.9 Å². The maximum atomic E-state index is 12.4. The van der Waals surface area contributed by atoms with Crippen molar-refractivity contribution in [2.45, 2.75) is 13.0 Å². The first-order valence-electron chi connectivity index (χ1n) is 8.30. The first-order valence-corrected chi connectivity index (χ1v) is 10.1. The largest absolute Gasteiger partial charge is 0.448 e. The summed E-state index contributed by atoms with van der Waals surface area (Å²) in [7, 11) is 0. The van der Waals surface area contributed by atoms with Crippen LogP contribution in [-0.2, 0) is 4.74 Å². The van der Waals surface area contributed by atoms with Crippen molar-refractivity contribution in [2.75, 3.05) is 0 Å². The van der Waals surface area contributed by atoms with E-state index in [-0.39, 0.29) is 23.2 Å². The lowest BCUT2D eigenvalue weighted by Crippen LogP contribution is -2.10. The van der Waals surface area contributed by atoms with Crippen molar-refractivity contribution in [3.63, 3.8) is 0 Å². The van der Waals surface area contributed by atoms with Crippen molar-refractivity contribution in [2.24, 2.45) is 0 Å². The minimum atomic E-state index is -0.784. The molecule has 3 heterocycles. The van der Waals surface area contributed by atoms with Crippen molar-refractivity contribution in [1.29, 1.82) is 0 Å². The molecule has 1 atom stereocenters. The third-order valence-electron chi connectivity index (χ3n) is 3.84. The number of non-ortho nitro benzene ring substituents is 1. The van der Waals surface area contributed by atoms with E-state index in [0.29, 0.717) is 5.56 Å². The Bertz CT molecular complexity index is 1150. The molecular weight excluding hydrogens is 416 g/mol. The van der Waals surface area contributed by atoms with Gasteiger partial charge in [-0.2, -0.15) is 0 Å². The summed E-state index contributed by atoms with van der Waals surface area (Å²) in [5.74, 6) is -0.307. The summed E-state index contributed by atoms with van der Waals surface area (Å²) in [6.07, 6.45) is -0.784. The van der Waals surface area contributed by atoms with Gasteiger partial charge < -0.3 is 9.15 Å². The number of nitro benzene ring substituents is 1. The van der Waals surface area contributed by atoms with Gasteiger partial charge >= 0.3 is 5.97 Å². The van der Waals surface area contributed by atoms with Crippen LogP contribution in [0, 0.1) is 10.1 Å². The van der Waals surface area contributed by atoms with Gasteiger partial charge in [0, 0.05) is 23.1 Å². The molecule has 11 heteroatoms. The third-order valence-corrected chi connectivity index (χ3v) is 5.72. The highest BCUT2D eigenvalue weighted by Crippen LogP contribution is 2.29. The van der Waals surface area contributed by atoms with Gasteiger partial charge in [-0.3, -0.25) is 10.1 Å². The molecule has 0 aliphatic heterocycles. The molecular formula is C18H12N4O5S2. The van der Waals surface area contributed by atoms with E-state index in [9.17, 15) is 14.9 Å². The normalized spacial score (nSPS) is 11.9. The first-order chi connectivity index (χ1) is 14.0. The van der Waals surface area contributed by atoms with Crippen LogP contribution in [0.2, 0.25) is 0 Å². The molecule has 0 spiro atoms. The standard InChI is InChI=1S/C18H12N4O5S2/c1-10(26-18(23)13-9-29-17(19-13)14-3-2-8-28-14)15-20-21-16(27-15)11-4-6-12(7-5-11)22(24)25/h2-10H,1H3. The van der Waals surface area contributed by atoms with Crippen LogP contribution in [0.15, 0.2) is 51.6 Å². The lowest BCUT2D eigenvalue weighted by atomic mass is 10.2. The molecule has 0 N–H and O–H groups in total. The maximum Gasteiger partial charge on any atom is 0.358 e. The number of thiazole rings is 1. The zero-order valence-corrected chi connectivity index (χ0v) is 16.5. The molecule has 4 rings (SSSR count). The van der Waals surface area contributed by atoms with Crippen LogP contribution < -0.4 is 0 Å². The number of hydrogen-bond acceptors (Lipinski definition) is 10. The van der Waals surface area contributed by atoms with Gasteiger partial charge in [-0.25, -0.2) is 9.78 Å². The molecule has 4 aromatic rings. The van der Waals surface area contributed by atoms with E-state index in [1.54, 1.807) is 23.6 Å². The predicted molar refractivity (Wildman–Crippen MR) is 106 cm³/mol. The number of ether oxygens (including phenoxy) is 1. The highest BCUT2D eigenvalue weighted by atomic mass is 32.1. The summed E-state index contributed by atoms with van der Waals surface area (Å²) >= 11 is 2.90. The Kier molecular flexibility index (Phi) is 5.14. The van der Waals surface area contributed by atoms with Gasteiger partial charge in [0.05, 0.1) is 9.80 Å². The van der Waals surface area contributed by atoms with E-state index in [1.165, 1.54) is 35.6 Å². The summed E-state index contributed by atoms with van der Waals surface area (Å²) in [5, 5.41) is 22.9. The molecule has 0 amide bonds. The number of rotatable bonds is 6. The highest BCUT2D eigenvalue weighted by molar-refractivity contribution is 7.20. The third kappa shape index (κ3) is 4.05. The summed E-state index contributed by atoms with van der Waals surface area (Å²) < 4.78 is 10.9. The molecule has 0 radical (unpaired) electrons. The number of hydrogen-bond donors (Lipinski definition) is 0. The number of benzene rings is 1. The van der Waals surface area contributed by atoms with Crippen LogP contribution in [0.5, 0.6) is 0 Å². The SMILES string of the molecule is CC(OC(=O)c1csc(-c2cccs2)n1)c1nnc(-c2ccc([N+](=O)[O-])cc2)o1. The van der Waals surface area contributed by atoms with E-state index in [2.05, 4.69) is 15.2 Å². The van der Waals surface area contributed by atoms with Crippen molar-refractivity contribution in [1.82, 2.24) is 15.2 Å². The fourth-order valence-electron chi connectivity index (χ4n) is 2.39. The minimum Gasteiger partial charge on any atom is -0.448 e. The summed E-state index contributed by atoms with van der Waals surface area (Å²) in [6.45, 7) is 1.61. The lowest BCUT2D eigenvalue weighted by Gasteiger charge is -2.07. The molecule has 146 valence electrons. The summed E-state index contributed by atoms with van der Waals surface area (Å²) in [4.78, 5) is 27.9. The lowest BCUT2D eigenvalue weighted by molar-refractivity contribution is -0.384. The second-order valence-corrected chi connectivity index (χ2v) is 7.62. The van der Waals surface area contributed by atoms with Gasteiger partial charge in [-0.05, 0) is 30.5 Å². The number of carbonyl (C=O) groups is 1. The predicted octanol–water partition coefficient (Wildman–Crippen LogP) is 4.75. The fraction of sp³-hybridized carbons (Fsp3) is 0.111. The van der Waals surface area contributed by atoms with Crippen LogP contribution >= 0.6 is 22.7 Å². The number of nitro groups is 1. The average Bonchev–Trinajstić information content (AvgIpc) is 3.49. The number of carbonyl (C=O) groups excluding carboxylic acids is 1. The molecule has 9 nitrogen and oxygen atoms in total. The van der Waals surface area contributed by atoms with Crippen LogP contribution in [0.1, 0.15) is 29.4 Å². The topological polar surface area (TPSA) is 121 Å². The molecule has 0 saturated heterocycles. The van der Waals surface area contributed by atoms with Crippen molar-refractivity contribution >= 4 is 34.3 Å². The van der Waals surface area contributed by atoms with Gasteiger partial charge in [-0.15, -0.1) is 32.9 Å². The quantitative estimate of drug-likeness (QED) is 0.245. The molecule has 1 unspecified atom stereocenters. The zero-order chi connectivity index (χ0) is 20.4. The second kappa shape index (κ2) is 7.89. The van der Waals surface area contributed by atoms with Gasteiger partial charge in [0.2, 0.25) is 5.89 Å². The van der Waals surface area contributed by atoms with Crippen LogP contribution in [-0.4, -0.2) is 26.1 Å². The number of esters is 1. The van der Waals surface area contributed by atoms with E-state index < -0.39 is 17.0 Å². The Morgan fingerprint density at radius 3 is 2.69 bits per heavy atom. The maximum absolute atomic E-state index is 12.4. The van der Waals surface area contributed by atoms with Crippen LogP contribution in [0.25, 0.3) is 21.3 Å². The van der Waals surface area contributed by atoms with Crippen LogP contribution in [0.4, 0.5) is 5.69 Å². The molecule has 0 bridgehead atoms. The number of thiophene rings is 1.